The zero-order valence-corrected chi connectivity index (χ0v) is 14.9. The lowest BCUT2D eigenvalue weighted by Crippen LogP contribution is -2.45. The van der Waals surface area contributed by atoms with E-state index < -0.39 is 6.03 Å². The molecular formula is C13H20N4O2S3. The van der Waals surface area contributed by atoms with Crippen LogP contribution in [0.25, 0.3) is 0 Å². The highest BCUT2D eigenvalue weighted by Crippen LogP contribution is 2.28. The normalized spacial score (nSPS) is 15.5. The molecule has 0 aliphatic heterocycles. The van der Waals surface area contributed by atoms with Gasteiger partial charge in [0.25, 0.3) is 0 Å². The molecule has 0 spiro atoms. The summed E-state index contributed by atoms with van der Waals surface area (Å²) in [6.45, 7) is 2.05. The third-order valence-corrected chi connectivity index (χ3v) is 6.25. The van der Waals surface area contributed by atoms with E-state index in [4.69, 9.17) is 0 Å². The number of urea groups is 1. The minimum absolute atomic E-state index is 0.170. The summed E-state index contributed by atoms with van der Waals surface area (Å²) in [6.07, 6.45) is 5.52. The van der Waals surface area contributed by atoms with Crippen LogP contribution < -0.4 is 10.6 Å². The van der Waals surface area contributed by atoms with Gasteiger partial charge in [0.15, 0.2) is 8.68 Å². The maximum atomic E-state index is 11.8. The quantitative estimate of drug-likeness (QED) is 0.759. The molecule has 0 radical (unpaired) electrons. The van der Waals surface area contributed by atoms with Crippen molar-refractivity contribution in [2.24, 2.45) is 0 Å². The zero-order valence-electron chi connectivity index (χ0n) is 12.5. The third kappa shape index (κ3) is 6.13. The Morgan fingerprint density at radius 1 is 1.18 bits per heavy atom. The molecule has 0 bridgehead atoms. The van der Waals surface area contributed by atoms with Gasteiger partial charge >= 0.3 is 6.03 Å². The first-order valence-electron chi connectivity index (χ1n) is 7.37. The maximum absolute atomic E-state index is 11.8. The SMILES string of the molecule is CCSc1nnc(SCC(=O)NC(=O)NC2CCCCC2)s1. The van der Waals surface area contributed by atoms with Crippen LogP contribution in [0.5, 0.6) is 0 Å². The molecule has 2 rings (SSSR count). The lowest BCUT2D eigenvalue weighted by Gasteiger charge is -2.22. The van der Waals surface area contributed by atoms with Gasteiger partial charge in [0.2, 0.25) is 5.91 Å². The number of hydrogen-bond acceptors (Lipinski definition) is 7. The molecule has 2 N–H and O–H groups in total. The standard InChI is InChI=1S/C13H20N4O2S3/c1-2-20-12-16-17-13(22-12)21-8-10(18)15-11(19)14-9-6-4-3-5-7-9/h9H,2-8H2,1H3,(H2,14,15,18,19). The van der Waals surface area contributed by atoms with Crippen LogP contribution in [0.2, 0.25) is 0 Å². The van der Waals surface area contributed by atoms with Gasteiger partial charge in [-0.15, -0.1) is 10.2 Å². The molecule has 9 heteroatoms. The summed E-state index contributed by atoms with van der Waals surface area (Å²) in [6, 6.07) is -0.192. The van der Waals surface area contributed by atoms with Gasteiger partial charge in [0.1, 0.15) is 0 Å². The smallest absolute Gasteiger partial charge is 0.321 e. The van der Waals surface area contributed by atoms with E-state index in [1.54, 1.807) is 11.8 Å². The Labute approximate surface area is 142 Å². The van der Waals surface area contributed by atoms with Crippen molar-refractivity contribution in [3.63, 3.8) is 0 Å². The van der Waals surface area contributed by atoms with Gasteiger partial charge in [0, 0.05) is 6.04 Å². The minimum atomic E-state index is -0.392. The lowest BCUT2D eigenvalue weighted by atomic mass is 9.96. The van der Waals surface area contributed by atoms with E-state index in [-0.39, 0.29) is 17.7 Å². The number of amides is 3. The molecular weight excluding hydrogens is 340 g/mol. The molecule has 0 unspecified atom stereocenters. The first kappa shape index (κ1) is 17.6. The lowest BCUT2D eigenvalue weighted by molar-refractivity contribution is -0.117. The van der Waals surface area contributed by atoms with Crippen LogP contribution >= 0.6 is 34.9 Å². The third-order valence-electron chi connectivity index (χ3n) is 3.18. The molecule has 0 aromatic carbocycles. The summed E-state index contributed by atoms with van der Waals surface area (Å²) in [5.41, 5.74) is 0. The van der Waals surface area contributed by atoms with E-state index in [0.29, 0.717) is 0 Å². The second kappa shape index (κ2) is 9.36. The van der Waals surface area contributed by atoms with Gasteiger partial charge in [0.05, 0.1) is 5.75 Å². The predicted octanol–water partition coefficient (Wildman–Crippen LogP) is 2.90. The number of hydrogen-bond donors (Lipinski definition) is 2. The second-order valence-corrected chi connectivity index (χ2v) is 8.62. The zero-order chi connectivity index (χ0) is 15.8. The van der Waals surface area contributed by atoms with Crippen molar-refractivity contribution < 1.29 is 9.59 Å². The molecule has 1 fully saturated rings. The topological polar surface area (TPSA) is 84.0 Å². The number of rotatable bonds is 6. The highest BCUT2D eigenvalue weighted by atomic mass is 32.2. The number of aromatic nitrogens is 2. The van der Waals surface area contributed by atoms with Crippen LogP contribution in [0.1, 0.15) is 39.0 Å². The Bertz CT molecular complexity index is 503. The van der Waals surface area contributed by atoms with Crippen molar-refractivity contribution in [1.82, 2.24) is 20.8 Å². The van der Waals surface area contributed by atoms with Crippen molar-refractivity contribution >= 4 is 46.8 Å². The molecule has 1 aliphatic carbocycles. The molecule has 0 saturated heterocycles. The molecule has 1 saturated carbocycles. The van der Waals surface area contributed by atoms with Crippen molar-refractivity contribution in [3.8, 4) is 0 Å². The number of thioether (sulfide) groups is 2. The van der Waals surface area contributed by atoms with Crippen LogP contribution in [-0.2, 0) is 4.79 Å². The van der Waals surface area contributed by atoms with E-state index in [9.17, 15) is 9.59 Å². The van der Waals surface area contributed by atoms with E-state index in [1.807, 2.05) is 0 Å². The summed E-state index contributed by atoms with van der Waals surface area (Å²) in [4.78, 5) is 23.5. The van der Waals surface area contributed by atoms with Gasteiger partial charge < -0.3 is 5.32 Å². The van der Waals surface area contributed by atoms with E-state index in [2.05, 4.69) is 27.8 Å². The predicted molar refractivity (Wildman–Crippen MR) is 90.6 cm³/mol. The molecule has 1 aromatic heterocycles. The molecule has 6 nitrogen and oxygen atoms in total. The Morgan fingerprint density at radius 3 is 2.55 bits per heavy atom. The average Bonchev–Trinajstić information content (AvgIpc) is 2.94. The monoisotopic (exact) mass is 360 g/mol. The largest absolute Gasteiger partial charge is 0.335 e. The molecule has 22 heavy (non-hydrogen) atoms. The summed E-state index contributed by atoms with van der Waals surface area (Å²) in [7, 11) is 0. The van der Waals surface area contributed by atoms with Gasteiger partial charge in [-0.05, 0) is 18.6 Å². The number of nitrogens with one attached hydrogen (secondary N) is 2. The van der Waals surface area contributed by atoms with Crippen LogP contribution in [0.15, 0.2) is 8.68 Å². The first-order valence-corrected chi connectivity index (χ1v) is 10.2. The fourth-order valence-electron chi connectivity index (χ4n) is 2.20. The Kier molecular flexibility index (Phi) is 7.47. The van der Waals surface area contributed by atoms with Crippen LogP contribution in [0.3, 0.4) is 0 Å². The summed E-state index contributed by atoms with van der Waals surface area (Å²) >= 11 is 4.40. The fourth-order valence-corrected chi connectivity index (χ4v) is 4.91. The number of imide groups is 1. The minimum Gasteiger partial charge on any atom is -0.335 e. The number of nitrogens with zero attached hydrogens (tertiary/aromatic N) is 2. The number of carbonyl (C=O) groups is 2. The summed E-state index contributed by atoms with van der Waals surface area (Å²) in [5.74, 6) is 0.808. The highest BCUT2D eigenvalue weighted by molar-refractivity contribution is 8.03. The maximum Gasteiger partial charge on any atom is 0.321 e. The van der Waals surface area contributed by atoms with Crippen molar-refractivity contribution in [1.29, 1.82) is 0 Å². The fraction of sp³-hybridized carbons (Fsp3) is 0.692. The van der Waals surface area contributed by atoms with Crippen molar-refractivity contribution in [2.45, 2.75) is 53.7 Å². The van der Waals surface area contributed by atoms with Crippen molar-refractivity contribution in [3.05, 3.63) is 0 Å². The second-order valence-electron chi connectivity index (χ2n) is 4.91. The van der Waals surface area contributed by atoms with E-state index >= 15 is 0 Å². The molecule has 3 amide bonds. The Hall–Kier alpha value is -0.800. The van der Waals surface area contributed by atoms with Gasteiger partial charge in [-0.2, -0.15) is 0 Å². The van der Waals surface area contributed by atoms with Crippen LogP contribution in [0, 0.1) is 0 Å². The van der Waals surface area contributed by atoms with Gasteiger partial charge in [-0.25, -0.2) is 4.79 Å². The number of carbonyl (C=O) groups excluding carboxylic acids is 2. The highest BCUT2D eigenvalue weighted by Gasteiger charge is 2.17. The average molecular weight is 361 g/mol. The van der Waals surface area contributed by atoms with E-state index in [1.165, 1.54) is 29.5 Å². The Balaban J connectivity index is 1.66. The molecule has 1 aromatic rings. The Morgan fingerprint density at radius 2 is 1.86 bits per heavy atom. The van der Waals surface area contributed by atoms with Crippen LogP contribution in [0.4, 0.5) is 4.79 Å². The first-order chi connectivity index (χ1) is 10.7. The molecule has 122 valence electrons. The van der Waals surface area contributed by atoms with Crippen molar-refractivity contribution in [2.75, 3.05) is 11.5 Å². The summed E-state index contributed by atoms with van der Waals surface area (Å²) < 4.78 is 1.65. The van der Waals surface area contributed by atoms with Gasteiger partial charge in [-0.3, -0.25) is 10.1 Å². The van der Waals surface area contributed by atoms with Crippen LogP contribution in [-0.4, -0.2) is 39.7 Å². The summed E-state index contributed by atoms with van der Waals surface area (Å²) in [5, 5.41) is 13.3. The van der Waals surface area contributed by atoms with Gasteiger partial charge in [-0.1, -0.05) is 61.0 Å². The molecule has 0 atom stereocenters. The molecule has 1 aliphatic rings. The van der Waals surface area contributed by atoms with E-state index in [0.717, 1.165) is 40.1 Å². The molecule has 1 heterocycles.